The van der Waals surface area contributed by atoms with Crippen LogP contribution < -0.4 is 10.6 Å². The molecule has 1 aromatic rings. The smallest absolute Gasteiger partial charge is 0.225 e. The van der Waals surface area contributed by atoms with E-state index in [1.165, 1.54) is 24.1 Å². The van der Waals surface area contributed by atoms with Crippen molar-refractivity contribution in [2.24, 2.45) is 10.9 Å². The van der Waals surface area contributed by atoms with Crippen molar-refractivity contribution in [2.45, 2.75) is 58.0 Å². The Morgan fingerprint density at radius 2 is 2.12 bits per heavy atom. The number of hydrogen-bond acceptors (Lipinski definition) is 3. The van der Waals surface area contributed by atoms with Gasteiger partial charge in [0.05, 0.1) is 6.54 Å². The molecule has 0 spiro atoms. The van der Waals surface area contributed by atoms with Gasteiger partial charge in [0.25, 0.3) is 0 Å². The van der Waals surface area contributed by atoms with Crippen molar-refractivity contribution in [3.63, 3.8) is 0 Å². The molecule has 1 aliphatic heterocycles. The van der Waals surface area contributed by atoms with E-state index < -0.39 is 0 Å². The van der Waals surface area contributed by atoms with E-state index in [2.05, 4.69) is 45.0 Å². The van der Waals surface area contributed by atoms with Crippen molar-refractivity contribution in [3.8, 4) is 0 Å². The van der Waals surface area contributed by atoms with Crippen LogP contribution in [0.4, 0.5) is 0 Å². The first-order valence-corrected chi connectivity index (χ1v) is 10.5. The van der Waals surface area contributed by atoms with Crippen molar-refractivity contribution < 1.29 is 4.79 Å². The van der Waals surface area contributed by atoms with Crippen LogP contribution in [-0.4, -0.2) is 42.4 Å². The van der Waals surface area contributed by atoms with Crippen LogP contribution in [0.2, 0.25) is 0 Å². The van der Waals surface area contributed by atoms with Gasteiger partial charge in [0, 0.05) is 36.5 Å². The zero-order chi connectivity index (χ0) is 17.5. The van der Waals surface area contributed by atoms with Gasteiger partial charge in [-0.05, 0) is 37.6 Å². The van der Waals surface area contributed by atoms with Gasteiger partial charge < -0.3 is 15.5 Å². The normalized spacial score (nSPS) is 21.3. The number of nitrogens with one attached hydrogen (secondary N) is 2. The molecule has 2 N–H and O–H groups in total. The van der Waals surface area contributed by atoms with E-state index in [1.54, 1.807) is 11.3 Å². The molecule has 0 radical (unpaired) electrons. The van der Waals surface area contributed by atoms with Crippen LogP contribution in [-0.2, 0) is 11.3 Å². The van der Waals surface area contributed by atoms with Crippen LogP contribution in [0.15, 0.2) is 22.5 Å². The summed E-state index contributed by atoms with van der Waals surface area (Å²) in [6, 6.07) is 4.47. The monoisotopic (exact) mass is 490 g/mol. The van der Waals surface area contributed by atoms with Crippen LogP contribution in [0.3, 0.4) is 0 Å². The minimum Gasteiger partial charge on any atom is -0.357 e. The fourth-order valence-corrected chi connectivity index (χ4v) is 4.39. The number of nitrogens with zero attached hydrogens (tertiary/aromatic N) is 2. The number of halogens is 1. The van der Waals surface area contributed by atoms with Gasteiger partial charge >= 0.3 is 0 Å². The van der Waals surface area contributed by atoms with Gasteiger partial charge in [0.2, 0.25) is 5.91 Å². The van der Waals surface area contributed by atoms with E-state index >= 15 is 0 Å². The van der Waals surface area contributed by atoms with Gasteiger partial charge in [0.15, 0.2) is 5.96 Å². The Morgan fingerprint density at radius 3 is 2.81 bits per heavy atom. The average molecular weight is 490 g/mol. The van der Waals surface area contributed by atoms with Crippen molar-refractivity contribution in [1.29, 1.82) is 0 Å². The summed E-state index contributed by atoms with van der Waals surface area (Å²) in [6.07, 6.45) is 6.89. The summed E-state index contributed by atoms with van der Waals surface area (Å²) in [5.74, 6) is 1.51. The van der Waals surface area contributed by atoms with Crippen molar-refractivity contribution in [3.05, 3.63) is 22.4 Å². The number of amides is 1. The summed E-state index contributed by atoms with van der Waals surface area (Å²) >= 11 is 1.73. The fraction of sp³-hybridized carbons (Fsp3) is 0.684. The Hall–Kier alpha value is -0.830. The molecule has 1 aliphatic carbocycles. The van der Waals surface area contributed by atoms with E-state index in [4.69, 9.17) is 0 Å². The lowest BCUT2D eigenvalue weighted by molar-refractivity contribution is -0.135. The Labute approximate surface area is 178 Å². The third-order valence-corrected chi connectivity index (χ3v) is 5.97. The van der Waals surface area contributed by atoms with Crippen LogP contribution in [0.25, 0.3) is 0 Å². The maximum atomic E-state index is 12.7. The third kappa shape index (κ3) is 6.11. The minimum absolute atomic E-state index is 0. The first-order valence-electron chi connectivity index (χ1n) is 9.62. The lowest BCUT2D eigenvalue weighted by atomic mass is 9.88. The molecule has 7 heteroatoms. The first kappa shape index (κ1) is 21.5. The summed E-state index contributed by atoms with van der Waals surface area (Å²) < 4.78 is 0. The second-order valence-electron chi connectivity index (χ2n) is 7.02. The van der Waals surface area contributed by atoms with Gasteiger partial charge in [-0.1, -0.05) is 25.3 Å². The van der Waals surface area contributed by atoms with Crippen LogP contribution in [0.5, 0.6) is 0 Å². The number of guanidine groups is 1. The molecule has 1 atom stereocenters. The molecule has 2 fully saturated rings. The molecule has 2 heterocycles. The second kappa shape index (κ2) is 11.1. The van der Waals surface area contributed by atoms with Gasteiger partial charge in [-0.15, -0.1) is 35.3 Å². The summed E-state index contributed by atoms with van der Waals surface area (Å²) in [4.78, 5) is 20.7. The molecule has 0 aromatic carbocycles. The highest BCUT2D eigenvalue weighted by Crippen LogP contribution is 2.26. The van der Waals surface area contributed by atoms with E-state index in [-0.39, 0.29) is 29.9 Å². The van der Waals surface area contributed by atoms with Crippen molar-refractivity contribution in [2.75, 3.05) is 19.6 Å². The van der Waals surface area contributed by atoms with Crippen molar-refractivity contribution in [1.82, 2.24) is 15.5 Å². The van der Waals surface area contributed by atoms with Gasteiger partial charge in [-0.3, -0.25) is 4.79 Å². The number of carbonyl (C=O) groups is 1. The molecule has 146 valence electrons. The zero-order valence-corrected chi connectivity index (χ0v) is 18.7. The summed E-state index contributed by atoms with van der Waals surface area (Å²) in [5.41, 5.74) is 0. The van der Waals surface area contributed by atoms with Crippen LogP contribution in [0.1, 0.15) is 50.3 Å². The number of rotatable bonds is 5. The third-order valence-electron chi connectivity index (χ3n) is 5.11. The molecule has 5 nitrogen and oxygen atoms in total. The Balaban J connectivity index is 0.00000243. The van der Waals surface area contributed by atoms with Crippen molar-refractivity contribution >= 4 is 47.2 Å². The fourth-order valence-electron chi connectivity index (χ4n) is 3.76. The molecule has 1 saturated heterocycles. The van der Waals surface area contributed by atoms with Gasteiger partial charge in [0.1, 0.15) is 0 Å². The van der Waals surface area contributed by atoms with E-state index in [1.807, 2.05) is 0 Å². The van der Waals surface area contributed by atoms with E-state index in [0.29, 0.717) is 18.5 Å². The first-order chi connectivity index (χ1) is 12.3. The number of likely N-dealkylation sites (tertiary alicyclic amines) is 1. The SMILES string of the molecule is CCNC(=NCc1cccs1)NC1CCN(C(=O)C2CCCCC2)C1.I. The topological polar surface area (TPSA) is 56.7 Å². The second-order valence-corrected chi connectivity index (χ2v) is 8.06. The molecule has 2 aliphatic rings. The summed E-state index contributed by atoms with van der Waals surface area (Å²) in [6.45, 7) is 5.30. The highest BCUT2D eigenvalue weighted by Gasteiger charge is 2.31. The number of aliphatic imine (C=N–C) groups is 1. The molecule has 1 saturated carbocycles. The molecular formula is C19H31IN4OS. The Morgan fingerprint density at radius 1 is 1.31 bits per heavy atom. The molecule has 1 aromatic heterocycles. The quantitative estimate of drug-likeness (QED) is 0.377. The van der Waals surface area contributed by atoms with Gasteiger partial charge in [-0.2, -0.15) is 0 Å². The lowest BCUT2D eigenvalue weighted by Crippen LogP contribution is -2.45. The number of hydrogen-bond donors (Lipinski definition) is 2. The predicted octanol–water partition coefficient (Wildman–Crippen LogP) is 3.60. The average Bonchev–Trinajstić information content (AvgIpc) is 3.32. The maximum Gasteiger partial charge on any atom is 0.225 e. The Bertz CT molecular complexity index is 572. The molecule has 26 heavy (non-hydrogen) atoms. The predicted molar refractivity (Wildman–Crippen MR) is 119 cm³/mol. The highest BCUT2D eigenvalue weighted by atomic mass is 127. The van der Waals surface area contributed by atoms with Crippen LogP contribution >= 0.6 is 35.3 Å². The van der Waals surface area contributed by atoms with E-state index in [0.717, 1.165) is 44.9 Å². The zero-order valence-electron chi connectivity index (χ0n) is 15.6. The standard InChI is InChI=1S/C19H30N4OS.HI/c1-2-20-19(21-13-17-9-6-12-25-17)22-16-10-11-23(14-16)18(24)15-7-4-3-5-8-15;/h6,9,12,15-16H,2-5,7-8,10-11,13-14H2,1H3,(H2,20,21,22);1H. The van der Waals surface area contributed by atoms with Crippen LogP contribution in [0, 0.1) is 5.92 Å². The maximum absolute atomic E-state index is 12.7. The number of carbonyl (C=O) groups excluding carboxylic acids is 1. The minimum atomic E-state index is 0. The molecule has 3 rings (SSSR count). The molecule has 1 amide bonds. The summed E-state index contributed by atoms with van der Waals surface area (Å²) in [7, 11) is 0. The molecule has 0 bridgehead atoms. The van der Waals surface area contributed by atoms with E-state index in [9.17, 15) is 4.79 Å². The lowest BCUT2D eigenvalue weighted by Gasteiger charge is -2.26. The molecular weight excluding hydrogens is 459 g/mol. The number of thiophene rings is 1. The highest BCUT2D eigenvalue weighted by molar-refractivity contribution is 14.0. The Kier molecular flexibility index (Phi) is 9.18. The molecule has 1 unspecified atom stereocenters. The van der Waals surface area contributed by atoms with Gasteiger partial charge in [-0.25, -0.2) is 4.99 Å². The summed E-state index contributed by atoms with van der Waals surface area (Å²) in [5, 5.41) is 8.92. The largest absolute Gasteiger partial charge is 0.357 e.